The van der Waals surface area contributed by atoms with E-state index in [-0.39, 0.29) is 0 Å². The maximum atomic E-state index is 6.34. The molecular formula is C15H23N3. The molecule has 0 spiro atoms. The van der Waals surface area contributed by atoms with Crippen molar-refractivity contribution < 1.29 is 0 Å². The summed E-state index contributed by atoms with van der Waals surface area (Å²) in [5.74, 6) is 2.89. The average molecular weight is 245 g/mol. The van der Waals surface area contributed by atoms with Crippen molar-refractivity contribution in [2.45, 2.75) is 50.9 Å². The molecule has 0 saturated heterocycles. The number of aromatic nitrogens is 2. The minimum atomic E-state index is 0.370. The van der Waals surface area contributed by atoms with Crippen LogP contribution in [0.5, 0.6) is 0 Å². The summed E-state index contributed by atoms with van der Waals surface area (Å²) < 4.78 is 2.08. The van der Waals surface area contributed by atoms with Gasteiger partial charge in [-0.1, -0.05) is 0 Å². The molecule has 0 unspecified atom stereocenters. The highest BCUT2D eigenvalue weighted by Gasteiger charge is 2.53. The molecule has 1 aromatic rings. The molecule has 0 aliphatic heterocycles. The number of nitrogen functional groups attached to an aromatic ring is 1. The Morgan fingerprint density at radius 2 is 1.61 bits per heavy atom. The highest BCUT2D eigenvalue weighted by atomic mass is 15.3. The Morgan fingerprint density at radius 3 is 2.00 bits per heavy atom. The van der Waals surface area contributed by atoms with E-state index in [9.17, 15) is 0 Å². The van der Waals surface area contributed by atoms with Crippen LogP contribution in [0.1, 0.15) is 49.9 Å². The zero-order valence-corrected chi connectivity index (χ0v) is 11.4. The van der Waals surface area contributed by atoms with E-state index in [1.165, 1.54) is 44.2 Å². The van der Waals surface area contributed by atoms with Crippen LogP contribution >= 0.6 is 0 Å². The van der Waals surface area contributed by atoms with Crippen molar-refractivity contribution in [3.8, 4) is 0 Å². The Labute approximate surface area is 109 Å². The molecule has 98 valence electrons. The SMILES string of the molecule is Cc1nn(C)c(C23CC4CC(CC(C4)C2)C3)c1N. The van der Waals surface area contributed by atoms with Crippen LogP contribution in [0.3, 0.4) is 0 Å². The molecule has 0 aromatic carbocycles. The largest absolute Gasteiger partial charge is 0.396 e. The van der Waals surface area contributed by atoms with Gasteiger partial charge in [-0.2, -0.15) is 5.10 Å². The highest BCUT2D eigenvalue weighted by molar-refractivity contribution is 5.52. The maximum absolute atomic E-state index is 6.34. The molecule has 2 N–H and O–H groups in total. The van der Waals surface area contributed by atoms with E-state index >= 15 is 0 Å². The molecule has 0 radical (unpaired) electrons. The van der Waals surface area contributed by atoms with E-state index in [2.05, 4.69) is 16.8 Å². The van der Waals surface area contributed by atoms with Crippen molar-refractivity contribution in [3.63, 3.8) is 0 Å². The van der Waals surface area contributed by atoms with Crippen LogP contribution in [0.2, 0.25) is 0 Å². The molecule has 18 heavy (non-hydrogen) atoms. The molecule has 0 amide bonds. The molecule has 5 rings (SSSR count). The van der Waals surface area contributed by atoms with E-state index in [4.69, 9.17) is 5.73 Å². The zero-order valence-electron chi connectivity index (χ0n) is 11.4. The molecule has 3 nitrogen and oxygen atoms in total. The monoisotopic (exact) mass is 245 g/mol. The Kier molecular flexibility index (Phi) is 2.00. The van der Waals surface area contributed by atoms with E-state index in [1.807, 2.05) is 6.92 Å². The van der Waals surface area contributed by atoms with Gasteiger partial charge in [0.05, 0.1) is 17.1 Å². The van der Waals surface area contributed by atoms with Gasteiger partial charge in [-0.15, -0.1) is 0 Å². The van der Waals surface area contributed by atoms with Gasteiger partial charge in [0.15, 0.2) is 0 Å². The minimum Gasteiger partial charge on any atom is -0.396 e. The molecule has 3 heteroatoms. The van der Waals surface area contributed by atoms with E-state index < -0.39 is 0 Å². The molecule has 1 aromatic heterocycles. The summed E-state index contributed by atoms with van der Waals surface area (Å²) in [6, 6.07) is 0. The standard InChI is InChI=1S/C15H23N3/c1-9-13(16)14(18(2)17-9)15-6-10-3-11(7-15)5-12(4-10)8-15/h10-12H,3-8,16H2,1-2H3. The first-order chi connectivity index (χ1) is 8.57. The Morgan fingerprint density at radius 1 is 1.11 bits per heavy atom. The van der Waals surface area contributed by atoms with Crippen LogP contribution in [0.25, 0.3) is 0 Å². The van der Waals surface area contributed by atoms with E-state index in [0.29, 0.717) is 5.41 Å². The summed E-state index contributed by atoms with van der Waals surface area (Å²) in [5.41, 5.74) is 10.1. The van der Waals surface area contributed by atoms with E-state index in [1.54, 1.807) is 0 Å². The third-order valence-electron chi connectivity index (χ3n) is 5.81. The van der Waals surface area contributed by atoms with Crippen LogP contribution in [-0.2, 0) is 12.5 Å². The number of anilines is 1. The Bertz CT molecular complexity index is 465. The number of hydrogen-bond acceptors (Lipinski definition) is 2. The Balaban J connectivity index is 1.84. The molecule has 1 heterocycles. The van der Waals surface area contributed by atoms with Crippen LogP contribution in [0.15, 0.2) is 0 Å². The van der Waals surface area contributed by atoms with Gasteiger partial charge in [0, 0.05) is 12.5 Å². The second kappa shape index (κ2) is 3.31. The smallest absolute Gasteiger partial charge is 0.0826 e. The third-order valence-corrected chi connectivity index (χ3v) is 5.81. The molecule has 4 aliphatic carbocycles. The van der Waals surface area contributed by atoms with Crippen LogP contribution < -0.4 is 5.73 Å². The molecule has 4 aliphatic rings. The van der Waals surface area contributed by atoms with Crippen LogP contribution in [-0.4, -0.2) is 9.78 Å². The van der Waals surface area contributed by atoms with E-state index in [0.717, 1.165) is 29.1 Å². The van der Waals surface area contributed by atoms with Gasteiger partial charge < -0.3 is 5.73 Å². The number of rotatable bonds is 1. The van der Waals surface area contributed by atoms with Crippen molar-refractivity contribution in [1.29, 1.82) is 0 Å². The first kappa shape index (κ1) is 10.9. The van der Waals surface area contributed by atoms with Gasteiger partial charge in [-0.25, -0.2) is 0 Å². The fraction of sp³-hybridized carbons (Fsp3) is 0.800. The predicted molar refractivity (Wildman–Crippen MR) is 72.2 cm³/mol. The van der Waals surface area contributed by atoms with Gasteiger partial charge >= 0.3 is 0 Å². The summed E-state index contributed by atoms with van der Waals surface area (Å²) in [6.07, 6.45) is 8.54. The quantitative estimate of drug-likeness (QED) is 0.826. The molecule has 4 fully saturated rings. The average Bonchev–Trinajstić information content (AvgIpc) is 2.51. The van der Waals surface area contributed by atoms with Crippen LogP contribution in [0, 0.1) is 24.7 Å². The lowest BCUT2D eigenvalue weighted by atomic mass is 9.48. The van der Waals surface area contributed by atoms with Crippen molar-refractivity contribution >= 4 is 5.69 Å². The number of nitrogens with zero attached hydrogens (tertiary/aromatic N) is 2. The summed E-state index contributed by atoms with van der Waals surface area (Å²) in [5, 5.41) is 4.56. The highest BCUT2D eigenvalue weighted by Crippen LogP contribution is 2.61. The molecule has 4 bridgehead atoms. The Hall–Kier alpha value is -0.990. The fourth-order valence-corrected chi connectivity index (χ4v) is 5.70. The van der Waals surface area contributed by atoms with Gasteiger partial charge in [-0.3, -0.25) is 4.68 Å². The van der Waals surface area contributed by atoms with Gasteiger partial charge in [-0.05, 0) is 63.2 Å². The predicted octanol–water partition coefficient (Wildman–Crippen LogP) is 2.78. The second-order valence-corrected chi connectivity index (χ2v) is 7.17. The molecule has 0 atom stereocenters. The lowest BCUT2D eigenvalue weighted by Crippen LogP contribution is -2.49. The van der Waals surface area contributed by atoms with Crippen molar-refractivity contribution in [2.24, 2.45) is 24.8 Å². The molecule has 4 saturated carbocycles. The minimum absolute atomic E-state index is 0.370. The first-order valence-corrected chi connectivity index (χ1v) is 7.37. The number of aryl methyl sites for hydroxylation is 2. The van der Waals surface area contributed by atoms with Crippen molar-refractivity contribution in [1.82, 2.24) is 9.78 Å². The van der Waals surface area contributed by atoms with Crippen LogP contribution in [0.4, 0.5) is 5.69 Å². The lowest BCUT2D eigenvalue weighted by Gasteiger charge is -2.56. The first-order valence-electron chi connectivity index (χ1n) is 7.37. The maximum Gasteiger partial charge on any atom is 0.0826 e. The topological polar surface area (TPSA) is 43.8 Å². The zero-order chi connectivity index (χ0) is 12.5. The normalized spacial score (nSPS) is 41.6. The summed E-state index contributed by atoms with van der Waals surface area (Å²) in [7, 11) is 2.08. The van der Waals surface area contributed by atoms with Gasteiger partial charge in [0.1, 0.15) is 0 Å². The fourth-order valence-electron chi connectivity index (χ4n) is 5.70. The summed E-state index contributed by atoms with van der Waals surface area (Å²) >= 11 is 0. The lowest BCUT2D eigenvalue weighted by molar-refractivity contribution is -0.00851. The number of nitrogens with two attached hydrogens (primary N) is 1. The van der Waals surface area contributed by atoms with Crippen molar-refractivity contribution in [3.05, 3.63) is 11.4 Å². The van der Waals surface area contributed by atoms with Crippen molar-refractivity contribution in [2.75, 3.05) is 5.73 Å². The third kappa shape index (κ3) is 1.28. The summed E-state index contributed by atoms with van der Waals surface area (Å²) in [4.78, 5) is 0. The second-order valence-electron chi connectivity index (χ2n) is 7.17. The van der Waals surface area contributed by atoms with Gasteiger partial charge in [0.25, 0.3) is 0 Å². The molecular weight excluding hydrogens is 222 g/mol. The van der Waals surface area contributed by atoms with Gasteiger partial charge in [0.2, 0.25) is 0 Å². The summed E-state index contributed by atoms with van der Waals surface area (Å²) in [6.45, 7) is 2.04. The number of hydrogen-bond donors (Lipinski definition) is 1.